The first kappa shape index (κ1) is 20.1. The minimum absolute atomic E-state index is 0. The molecule has 0 fully saturated rings. The fraction of sp³-hybridized carbons (Fsp3) is 0.750. The molecule has 1 unspecified atom stereocenters. The van der Waals surface area contributed by atoms with E-state index in [1.165, 1.54) is 0 Å². The van der Waals surface area contributed by atoms with Crippen LogP contribution in [0.15, 0.2) is 0 Å². The Hall–Kier alpha value is 1.58. The molecule has 9 heteroatoms. The second-order valence-corrected chi connectivity index (χ2v) is 3.47. The standard InChI is InChI=1S/C4H10NO5P.2Na/c1-3(4(6)7)5-11(8,9)10-2;;/h3H,1-2H3,(H,6,7)(H2,5,8,9);;/q;2*+1/p-2/t3-;;/m0../s1. The van der Waals surface area contributed by atoms with Gasteiger partial charge in [0.1, 0.15) is 0 Å². The summed E-state index contributed by atoms with van der Waals surface area (Å²) >= 11 is 0. The number of hydrogen-bond donors (Lipinski definition) is 1. The van der Waals surface area contributed by atoms with Crippen LogP contribution < -0.4 is 74.2 Å². The summed E-state index contributed by atoms with van der Waals surface area (Å²) < 4.78 is 14.5. The molecule has 0 aromatic carbocycles. The number of rotatable bonds is 4. The third-order valence-electron chi connectivity index (χ3n) is 0.946. The van der Waals surface area contributed by atoms with Crippen molar-refractivity contribution in [1.29, 1.82) is 0 Å². The summed E-state index contributed by atoms with van der Waals surface area (Å²) in [5.41, 5.74) is 0. The molecule has 0 aromatic heterocycles. The average Bonchev–Trinajstić information content (AvgIpc) is 1.87. The van der Waals surface area contributed by atoms with Crippen molar-refractivity contribution < 1.29 is 83.0 Å². The van der Waals surface area contributed by atoms with Crippen molar-refractivity contribution in [2.75, 3.05) is 7.11 Å². The summed E-state index contributed by atoms with van der Waals surface area (Å²) in [5, 5.41) is 11.7. The van der Waals surface area contributed by atoms with Crippen molar-refractivity contribution in [2.45, 2.75) is 13.0 Å². The van der Waals surface area contributed by atoms with Crippen LogP contribution in [0.5, 0.6) is 0 Å². The van der Waals surface area contributed by atoms with Gasteiger partial charge >= 0.3 is 59.1 Å². The third kappa shape index (κ3) is 9.87. The van der Waals surface area contributed by atoms with Crippen molar-refractivity contribution in [3.8, 4) is 0 Å². The van der Waals surface area contributed by atoms with Gasteiger partial charge in [-0.15, -0.1) is 0 Å². The summed E-state index contributed by atoms with van der Waals surface area (Å²) in [6.07, 6.45) is 0. The van der Waals surface area contributed by atoms with Crippen molar-refractivity contribution >= 4 is 13.7 Å². The molecule has 0 amide bonds. The first-order chi connectivity index (χ1) is 4.89. The number of nitrogens with one attached hydrogen (secondary N) is 1. The third-order valence-corrected chi connectivity index (χ3v) is 2.13. The SMILES string of the molecule is COP(=O)([O-])N[C@@H](C)C(=O)[O-].[Na+].[Na+]. The van der Waals surface area contributed by atoms with Crippen LogP contribution >= 0.6 is 7.75 Å². The zero-order valence-electron chi connectivity index (χ0n) is 8.07. The average molecular weight is 227 g/mol. The van der Waals surface area contributed by atoms with Gasteiger partial charge in [0.25, 0.3) is 0 Å². The quantitative estimate of drug-likeness (QED) is 0.378. The van der Waals surface area contributed by atoms with E-state index in [4.69, 9.17) is 0 Å². The van der Waals surface area contributed by atoms with Gasteiger partial charge in [0.15, 0.2) is 0 Å². The molecule has 0 aromatic rings. The number of carbonyl (C=O) groups is 1. The fourth-order valence-electron chi connectivity index (χ4n) is 0.343. The van der Waals surface area contributed by atoms with Crippen LogP contribution in [0.4, 0.5) is 0 Å². The number of hydrogen-bond acceptors (Lipinski definition) is 5. The number of carbonyl (C=O) groups excluding carboxylic acids is 1. The first-order valence-corrected chi connectivity index (χ1v) is 4.29. The van der Waals surface area contributed by atoms with Crippen LogP contribution in [-0.2, 0) is 13.9 Å². The van der Waals surface area contributed by atoms with E-state index in [9.17, 15) is 19.4 Å². The van der Waals surface area contributed by atoms with E-state index in [2.05, 4.69) is 4.52 Å². The number of aliphatic carboxylic acids is 1. The Bertz CT molecular complexity index is 201. The van der Waals surface area contributed by atoms with Gasteiger partial charge in [0, 0.05) is 7.11 Å². The van der Waals surface area contributed by atoms with Crippen LogP contribution in [0, 0.1) is 0 Å². The summed E-state index contributed by atoms with van der Waals surface area (Å²) in [4.78, 5) is 20.5. The van der Waals surface area contributed by atoms with Crippen LogP contribution in [0.3, 0.4) is 0 Å². The van der Waals surface area contributed by atoms with E-state index in [1.54, 1.807) is 5.09 Å². The maximum Gasteiger partial charge on any atom is 1.00 e. The van der Waals surface area contributed by atoms with E-state index in [-0.39, 0.29) is 59.1 Å². The van der Waals surface area contributed by atoms with Crippen molar-refractivity contribution in [3.05, 3.63) is 0 Å². The fourth-order valence-corrected chi connectivity index (χ4v) is 1.03. The molecular formula is C4H8NNa2O5P. The Balaban J connectivity index is -0.000000500. The van der Waals surface area contributed by atoms with E-state index < -0.39 is 19.8 Å². The zero-order valence-corrected chi connectivity index (χ0v) is 13.0. The number of carboxylic acid groups (broad SMARTS) is 1. The monoisotopic (exact) mass is 227 g/mol. The Morgan fingerprint density at radius 2 is 1.92 bits per heavy atom. The maximum atomic E-state index is 10.5. The largest absolute Gasteiger partial charge is 1.00 e. The van der Waals surface area contributed by atoms with Gasteiger partial charge in [-0.1, -0.05) is 0 Å². The summed E-state index contributed by atoms with van der Waals surface area (Å²) in [5.74, 6) is -1.50. The normalized spacial score (nSPS) is 15.9. The van der Waals surface area contributed by atoms with Crippen LogP contribution in [-0.4, -0.2) is 19.1 Å². The molecule has 0 spiro atoms. The molecule has 0 aliphatic heterocycles. The smallest absolute Gasteiger partial charge is 0.766 e. The molecule has 0 aliphatic carbocycles. The maximum absolute atomic E-state index is 10.5. The van der Waals surface area contributed by atoms with Crippen molar-refractivity contribution in [3.63, 3.8) is 0 Å². The predicted octanol–water partition coefficient (Wildman–Crippen LogP) is -8.16. The van der Waals surface area contributed by atoms with Gasteiger partial charge in [0.2, 0.25) is 7.75 Å². The second kappa shape index (κ2) is 8.85. The van der Waals surface area contributed by atoms with E-state index in [0.29, 0.717) is 0 Å². The van der Waals surface area contributed by atoms with Gasteiger partial charge in [0.05, 0.1) is 12.0 Å². The Morgan fingerprint density at radius 3 is 2.15 bits per heavy atom. The minimum atomic E-state index is -4.20. The van der Waals surface area contributed by atoms with Crippen molar-refractivity contribution in [1.82, 2.24) is 5.09 Å². The summed E-state index contributed by atoms with van der Waals surface area (Å²) in [6.45, 7) is 1.14. The van der Waals surface area contributed by atoms with E-state index in [0.717, 1.165) is 14.0 Å². The topological polar surface area (TPSA) is 102 Å². The molecule has 0 rings (SSSR count). The predicted molar refractivity (Wildman–Crippen MR) is 32.2 cm³/mol. The zero-order chi connectivity index (χ0) is 9.07. The Kier molecular flexibility index (Phi) is 13.7. The van der Waals surface area contributed by atoms with Crippen molar-refractivity contribution in [2.24, 2.45) is 0 Å². The molecule has 6 nitrogen and oxygen atoms in total. The van der Waals surface area contributed by atoms with Crippen LogP contribution in [0.1, 0.15) is 6.92 Å². The molecule has 66 valence electrons. The van der Waals surface area contributed by atoms with Gasteiger partial charge < -0.3 is 19.3 Å². The second-order valence-electron chi connectivity index (χ2n) is 1.85. The van der Waals surface area contributed by atoms with Gasteiger partial charge in [-0.3, -0.25) is 4.57 Å². The first-order valence-electron chi connectivity index (χ1n) is 2.74. The molecule has 0 saturated carbocycles. The molecule has 13 heavy (non-hydrogen) atoms. The Morgan fingerprint density at radius 1 is 1.54 bits per heavy atom. The molecular weight excluding hydrogens is 219 g/mol. The van der Waals surface area contributed by atoms with Crippen LogP contribution in [0.25, 0.3) is 0 Å². The summed E-state index contributed by atoms with van der Waals surface area (Å²) in [7, 11) is -3.27. The molecule has 0 radical (unpaired) electrons. The van der Waals surface area contributed by atoms with Gasteiger partial charge in [-0.05, 0) is 6.92 Å². The molecule has 1 N–H and O–H groups in total. The number of carboxylic acids is 1. The summed E-state index contributed by atoms with van der Waals surface area (Å²) in [6, 6.07) is -1.28. The Labute approximate surface area is 121 Å². The molecule has 0 bridgehead atoms. The van der Waals surface area contributed by atoms with E-state index >= 15 is 0 Å². The molecule has 0 heterocycles. The van der Waals surface area contributed by atoms with Gasteiger partial charge in [-0.25, -0.2) is 5.09 Å². The minimum Gasteiger partial charge on any atom is -0.766 e. The molecule has 0 aliphatic rings. The molecule has 0 saturated heterocycles. The van der Waals surface area contributed by atoms with Gasteiger partial charge in [-0.2, -0.15) is 0 Å². The van der Waals surface area contributed by atoms with Crippen LogP contribution in [0.2, 0.25) is 0 Å². The molecule has 2 atom stereocenters. The van der Waals surface area contributed by atoms with E-state index in [1.807, 2.05) is 0 Å².